The molecule has 1 aliphatic carbocycles. The molecule has 0 bridgehead atoms. The van der Waals surface area contributed by atoms with Crippen LogP contribution in [-0.4, -0.2) is 20.6 Å². The molecule has 1 heterocycles. The van der Waals surface area contributed by atoms with Crippen molar-refractivity contribution in [2.75, 3.05) is 0 Å². The van der Waals surface area contributed by atoms with Crippen molar-refractivity contribution in [2.24, 2.45) is 5.92 Å². The highest BCUT2D eigenvalue weighted by Gasteiger charge is 2.15. The van der Waals surface area contributed by atoms with Gasteiger partial charge in [0.2, 0.25) is 0 Å². The second kappa shape index (κ2) is 5.14. The Bertz CT molecular complexity index is 354. The van der Waals surface area contributed by atoms with Crippen molar-refractivity contribution in [3.05, 3.63) is 18.2 Å². The first-order valence-electron chi connectivity index (χ1n) is 5.96. The normalized spacial score (nSPS) is 17.5. The second-order valence-electron chi connectivity index (χ2n) is 4.61. The van der Waals surface area contributed by atoms with E-state index in [0.717, 1.165) is 12.2 Å². The number of imidazole rings is 1. The quantitative estimate of drug-likeness (QED) is 0.848. The van der Waals surface area contributed by atoms with Gasteiger partial charge >= 0.3 is 5.97 Å². The lowest BCUT2D eigenvalue weighted by Crippen LogP contribution is -2.16. The molecule has 1 aliphatic rings. The van der Waals surface area contributed by atoms with Gasteiger partial charge in [-0.25, -0.2) is 4.98 Å². The van der Waals surface area contributed by atoms with Crippen LogP contribution in [0.1, 0.15) is 37.8 Å². The summed E-state index contributed by atoms with van der Waals surface area (Å²) in [6, 6.07) is 0. The van der Waals surface area contributed by atoms with Crippen molar-refractivity contribution in [1.29, 1.82) is 0 Å². The van der Waals surface area contributed by atoms with Gasteiger partial charge in [0.1, 0.15) is 0 Å². The Labute approximate surface area is 95.3 Å². The number of carboxylic acid groups (broad SMARTS) is 1. The second-order valence-corrected chi connectivity index (χ2v) is 4.61. The summed E-state index contributed by atoms with van der Waals surface area (Å²) in [6.45, 7) is 0.933. The Hall–Kier alpha value is -1.32. The fourth-order valence-corrected chi connectivity index (χ4v) is 2.46. The van der Waals surface area contributed by atoms with Crippen LogP contribution >= 0.6 is 0 Å². The molecule has 0 atom stereocenters. The number of carbonyl (C=O) groups is 1. The molecule has 0 amide bonds. The average Bonchev–Trinajstić information content (AvgIpc) is 2.66. The molecule has 1 saturated carbocycles. The number of aliphatic carboxylic acids is 1. The van der Waals surface area contributed by atoms with Crippen LogP contribution < -0.4 is 0 Å². The Morgan fingerprint density at radius 3 is 2.88 bits per heavy atom. The molecule has 1 aromatic rings. The molecule has 2 rings (SSSR count). The number of hydrogen-bond acceptors (Lipinski definition) is 2. The molecule has 0 aliphatic heterocycles. The van der Waals surface area contributed by atoms with Gasteiger partial charge in [-0.15, -0.1) is 0 Å². The highest BCUT2D eigenvalue weighted by atomic mass is 16.4. The molecular weight excluding hydrogens is 204 g/mol. The van der Waals surface area contributed by atoms with Gasteiger partial charge in [0, 0.05) is 18.4 Å². The van der Waals surface area contributed by atoms with Crippen molar-refractivity contribution in [2.45, 2.75) is 45.1 Å². The first kappa shape index (κ1) is 11.2. The SMILES string of the molecule is O=C(O)Cc1cncn1CC1CCCCC1. The first-order valence-corrected chi connectivity index (χ1v) is 5.96. The van der Waals surface area contributed by atoms with E-state index in [-0.39, 0.29) is 6.42 Å². The lowest BCUT2D eigenvalue weighted by atomic mass is 9.89. The maximum absolute atomic E-state index is 10.7. The van der Waals surface area contributed by atoms with Crippen LogP contribution in [0.2, 0.25) is 0 Å². The van der Waals surface area contributed by atoms with Crippen LogP contribution in [0.5, 0.6) is 0 Å². The van der Waals surface area contributed by atoms with Crippen LogP contribution in [0.15, 0.2) is 12.5 Å². The van der Waals surface area contributed by atoms with Crippen LogP contribution in [0, 0.1) is 5.92 Å². The zero-order valence-electron chi connectivity index (χ0n) is 9.43. The zero-order valence-corrected chi connectivity index (χ0v) is 9.43. The third kappa shape index (κ3) is 2.84. The molecule has 16 heavy (non-hydrogen) atoms. The fourth-order valence-electron chi connectivity index (χ4n) is 2.46. The van der Waals surface area contributed by atoms with Gasteiger partial charge in [-0.05, 0) is 18.8 Å². The summed E-state index contributed by atoms with van der Waals surface area (Å²) in [7, 11) is 0. The van der Waals surface area contributed by atoms with E-state index in [9.17, 15) is 4.79 Å². The van der Waals surface area contributed by atoms with Gasteiger partial charge in [-0.3, -0.25) is 4.79 Å². The predicted octanol–water partition coefficient (Wildman–Crippen LogP) is 2.09. The van der Waals surface area contributed by atoms with Crippen molar-refractivity contribution < 1.29 is 9.90 Å². The van der Waals surface area contributed by atoms with Gasteiger partial charge in [0.25, 0.3) is 0 Å². The van der Waals surface area contributed by atoms with Crippen LogP contribution in [0.3, 0.4) is 0 Å². The molecule has 1 aromatic heterocycles. The molecule has 0 spiro atoms. The minimum atomic E-state index is -0.787. The van der Waals surface area contributed by atoms with E-state index in [2.05, 4.69) is 4.98 Å². The molecule has 4 nitrogen and oxygen atoms in total. The van der Waals surface area contributed by atoms with Crippen molar-refractivity contribution in [1.82, 2.24) is 9.55 Å². The Morgan fingerprint density at radius 2 is 2.19 bits per heavy atom. The Morgan fingerprint density at radius 1 is 1.44 bits per heavy atom. The smallest absolute Gasteiger partial charge is 0.309 e. The number of aromatic nitrogens is 2. The lowest BCUT2D eigenvalue weighted by Gasteiger charge is -2.22. The van der Waals surface area contributed by atoms with Crippen LogP contribution in [-0.2, 0) is 17.8 Å². The van der Waals surface area contributed by atoms with E-state index >= 15 is 0 Å². The number of carboxylic acids is 1. The van der Waals surface area contributed by atoms with Gasteiger partial charge in [-0.2, -0.15) is 0 Å². The van der Waals surface area contributed by atoms with E-state index in [1.54, 1.807) is 12.5 Å². The van der Waals surface area contributed by atoms with E-state index < -0.39 is 5.97 Å². The van der Waals surface area contributed by atoms with Crippen LogP contribution in [0.25, 0.3) is 0 Å². The largest absolute Gasteiger partial charge is 0.481 e. The maximum Gasteiger partial charge on any atom is 0.309 e. The van der Waals surface area contributed by atoms with Gasteiger partial charge in [0.05, 0.1) is 12.7 Å². The molecule has 1 fully saturated rings. The van der Waals surface area contributed by atoms with Gasteiger partial charge in [0.15, 0.2) is 0 Å². The lowest BCUT2D eigenvalue weighted by molar-refractivity contribution is -0.136. The summed E-state index contributed by atoms with van der Waals surface area (Å²) in [6.07, 6.45) is 10.0. The molecule has 1 N–H and O–H groups in total. The van der Waals surface area contributed by atoms with E-state index in [1.165, 1.54) is 32.1 Å². The molecular formula is C12H18N2O2. The van der Waals surface area contributed by atoms with E-state index in [1.807, 2.05) is 4.57 Å². The number of nitrogens with zero attached hydrogens (tertiary/aromatic N) is 2. The Balaban J connectivity index is 1.97. The predicted molar refractivity (Wildman–Crippen MR) is 60.1 cm³/mol. The number of rotatable bonds is 4. The fraction of sp³-hybridized carbons (Fsp3) is 0.667. The van der Waals surface area contributed by atoms with E-state index in [4.69, 9.17) is 5.11 Å². The van der Waals surface area contributed by atoms with Crippen molar-refractivity contribution >= 4 is 5.97 Å². The minimum absolute atomic E-state index is 0.0761. The topological polar surface area (TPSA) is 55.1 Å². The molecule has 0 unspecified atom stereocenters. The average molecular weight is 222 g/mol. The van der Waals surface area contributed by atoms with E-state index in [0.29, 0.717) is 5.92 Å². The maximum atomic E-state index is 10.7. The summed E-state index contributed by atoms with van der Waals surface area (Å²) >= 11 is 0. The summed E-state index contributed by atoms with van der Waals surface area (Å²) in [5, 5.41) is 8.77. The molecule has 0 aromatic carbocycles. The highest BCUT2D eigenvalue weighted by Crippen LogP contribution is 2.25. The highest BCUT2D eigenvalue weighted by molar-refractivity contribution is 5.69. The van der Waals surface area contributed by atoms with Gasteiger partial charge < -0.3 is 9.67 Å². The minimum Gasteiger partial charge on any atom is -0.481 e. The Kier molecular flexibility index (Phi) is 3.59. The molecule has 4 heteroatoms. The molecule has 0 radical (unpaired) electrons. The number of hydrogen-bond donors (Lipinski definition) is 1. The van der Waals surface area contributed by atoms with Crippen LogP contribution in [0.4, 0.5) is 0 Å². The monoisotopic (exact) mass is 222 g/mol. The molecule has 88 valence electrons. The van der Waals surface area contributed by atoms with Gasteiger partial charge in [-0.1, -0.05) is 19.3 Å². The summed E-state index contributed by atoms with van der Waals surface area (Å²) in [4.78, 5) is 14.7. The molecule has 0 saturated heterocycles. The zero-order chi connectivity index (χ0) is 11.4. The summed E-state index contributed by atoms with van der Waals surface area (Å²) in [5.74, 6) is -0.0825. The van der Waals surface area contributed by atoms with Crippen molar-refractivity contribution in [3.8, 4) is 0 Å². The van der Waals surface area contributed by atoms with Crippen molar-refractivity contribution in [3.63, 3.8) is 0 Å². The third-order valence-corrected chi connectivity index (χ3v) is 3.31. The first-order chi connectivity index (χ1) is 7.75. The standard InChI is InChI=1S/C12H18N2O2/c15-12(16)6-11-7-13-9-14(11)8-10-4-2-1-3-5-10/h7,9-10H,1-6,8H2,(H,15,16). The third-order valence-electron chi connectivity index (χ3n) is 3.31. The summed E-state index contributed by atoms with van der Waals surface area (Å²) in [5.41, 5.74) is 0.818. The summed E-state index contributed by atoms with van der Waals surface area (Å²) < 4.78 is 2.00.